The van der Waals surface area contributed by atoms with Gasteiger partial charge in [0.25, 0.3) is 0 Å². The summed E-state index contributed by atoms with van der Waals surface area (Å²) >= 11 is 1.59. The number of aliphatic hydroxyl groups excluding tert-OH is 1. The number of aromatic nitrogens is 2. The summed E-state index contributed by atoms with van der Waals surface area (Å²) in [4.78, 5) is 0.0513. The molecule has 0 spiro atoms. The van der Waals surface area contributed by atoms with Gasteiger partial charge in [0.1, 0.15) is 4.90 Å². The molecule has 0 unspecified atom stereocenters. The number of aryl methyl sites for hydroxylation is 1. The number of rotatable bonds is 8. The van der Waals surface area contributed by atoms with E-state index in [-0.39, 0.29) is 17.3 Å². The molecule has 0 amide bonds. The Kier molecular flexibility index (Phi) is 6.11. The van der Waals surface area contributed by atoms with Crippen LogP contribution in [0.5, 0.6) is 0 Å². The van der Waals surface area contributed by atoms with Gasteiger partial charge >= 0.3 is 0 Å². The van der Waals surface area contributed by atoms with E-state index in [0.29, 0.717) is 24.4 Å². The highest BCUT2D eigenvalue weighted by molar-refractivity contribution is 7.99. The second kappa shape index (κ2) is 7.13. The molecular formula is C10H20N4O3S2. The number of anilines is 1. The fourth-order valence-corrected chi connectivity index (χ4v) is 3.80. The first-order valence-corrected chi connectivity index (χ1v) is 8.51. The summed E-state index contributed by atoms with van der Waals surface area (Å²) in [6.07, 6.45) is 0.714. The Bertz CT molecular complexity index is 513. The second-order valence-corrected chi connectivity index (χ2v) is 6.94. The van der Waals surface area contributed by atoms with Crippen LogP contribution in [0.25, 0.3) is 0 Å². The predicted molar refractivity (Wildman–Crippen MR) is 76.6 cm³/mol. The summed E-state index contributed by atoms with van der Waals surface area (Å²) in [5, 5.41) is 12.5. The van der Waals surface area contributed by atoms with Gasteiger partial charge in [-0.05, 0) is 19.1 Å². The van der Waals surface area contributed by atoms with Crippen molar-refractivity contribution in [2.75, 3.05) is 30.4 Å². The minimum atomic E-state index is -3.61. The van der Waals surface area contributed by atoms with Gasteiger partial charge in [-0.25, -0.2) is 13.1 Å². The van der Waals surface area contributed by atoms with Crippen molar-refractivity contribution in [3.63, 3.8) is 0 Å². The Morgan fingerprint density at radius 3 is 2.68 bits per heavy atom. The van der Waals surface area contributed by atoms with Crippen LogP contribution in [-0.4, -0.2) is 48.0 Å². The maximum Gasteiger partial charge on any atom is 0.246 e. The van der Waals surface area contributed by atoms with E-state index >= 15 is 0 Å². The zero-order chi connectivity index (χ0) is 14.5. The Morgan fingerprint density at radius 1 is 1.47 bits per heavy atom. The van der Waals surface area contributed by atoms with E-state index in [2.05, 4.69) is 9.82 Å². The zero-order valence-corrected chi connectivity index (χ0v) is 12.7. The third-order valence-corrected chi connectivity index (χ3v) is 5.25. The van der Waals surface area contributed by atoms with Crippen molar-refractivity contribution in [2.45, 2.75) is 18.2 Å². The number of nitrogens with two attached hydrogens (primary N) is 1. The van der Waals surface area contributed by atoms with E-state index < -0.39 is 10.0 Å². The van der Waals surface area contributed by atoms with Gasteiger partial charge in [-0.15, -0.1) is 0 Å². The van der Waals surface area contributed by atoms with Gasteiger partial charge in [0, 0.05) is 26.0 Å². The molecule has 9 heteroatoms. The number of nitrogen functional groups attached to an aromatic ring is 1. The van der Waals surface area contributed by atoms with Crippen LogP contribution in [-0.2, 0) is 17.1 Å². The van der Waals surface area contributed by atoms with Crippen LogP contribution in [0.1, 0.15) is 12.1 Å². The van der Waals surface area contributed by atoms with E-state index in [1.807, 2.05) is 0 Å². The highest BCUT2D eigenvalue weighted by atomic mass is 32.2. The Balaban J connectivity index is 2.57. The van der Waals surface area contributed by atoms with Crippen molar-refractivity contribution in [1.29, 1.82) is 0 Å². The minimum Gasteiger partial charge on any atom is -0.396 e. The van der Waals surface area contributed by atoms with Gasteiger partial charge < -0.3 is 10.8 Å². The molecule has 19 heavy (non-hydrogen) atoms. The Labute approximate surface area is 117 Å². The smallest absolute Gasteiger partial charge is 0.246 e. The SMILES string of the molecule is Cc1c(S(=O)(=O)NCCSCCCO)c(N)nn1C. The summed E-state index contributed by atoms with van der Waals surface area (Å²) in [6.45, 7) is 2.14. The van der Waals surface area contributed by atoms with Gasteiger partial charge in [0.05, 0.1) is 5.69 Å². The van der Waals surface area contributed by atoms with Crippen molar-refractivity contribution in [2.24, 2.45) is 7.05 Å². The molecule has 0 aromatic carbocycles. The van der Waals surface area contributed by atoms with Crippen LogP contribution < -0.4 is 10.5 Å². The summed E-state index contributed by atoms with van der Waals surface area (Å²) in [7, 11) is -1.97. The van der Waals surface area contributed by atoms with Crippen LogP contribution in [0.2, 0.25) is 0 Å². The minimum absolute atomic E-state index is 0.0143. The van der Waals surface area contributed by atoms with Crippen LogP contribution in [0.3, 0.4) is 0 Å². The quantitative estimate of drug-likeness (QED) is 0.569. The number of hydrogen-bond acceptors (Lipinski definition) is 6. The van der Waals surface area contributed by atoms with Crippen LogP contribution in [0.4, 0.5) is 5.82 Å². The fraction of sp³-hybridized carbons (Fsp3) is 0.700. The normalized spacial score (nSPS) is 11.9. The summed E-state index contributed by atoms with van der Waals surface area (Å²) in [5.74, 6) is 1.48. The maximum atomic E-state index is 12.1. The van der Waals surface area contributed by atoms with E-state index in [4.69, 9.17) is 10.8 Å². The maximum absolute atomic E-state index is 12.1. The van der Waals surface area contributed by atoms with Gasteiger partial charge in [-0.3, -0.25) is 4.68 Å². The molecule has 4 N–H and O–H groups in total. The van der Waals surface area contributed by atoms with Crippen LogP contribution in [0, 0.1) is 6.92 Å². The van der Waals surface area contributed by atoms with E-state index in [1.54, 1.807) is 25.7 Å². The molecule has 1 aromatic rings. The van der Waals surface area contributed by atoms with Crippen LogP contribution >= 0.6 is 11.8 Å². The molecule has 1 aromatic heterocycles. The average Bonchev–Trinajstić information content (AvgIpc) is 2.58. The summed E-state index contributed by atoms with van der Waals surface area (Å²) in [6, 6.07) is 0. The van der Waals surface area contributed by atoms with Gasteiger partial charge in [-0.2, -0.15) is 16.9 Å². The largest absolute Gasteiger partial charge is 0.396 e. The third kappa shape index (κ3) is 4.37. The number of nitrogens with zero attached hydrogens (tertiary/aromatic N) is 2. The number of nitrogens with one attached hydrogen (secondary N) is 1. The molecule has 0 fully saturated rings. The van der Waals surface area contributed by atoms with E-state index in [1.165, 1.54) is 4.68 Å². The molecule has 0 bridgehead atoms. The molecule has 0 saturated carbocycles. The molecule has 7 nitrogen and oxygen atoms in total. The molecule has 0 saturated heterocycles. The van der Waals surface area contributed by atoms with Crippen molar-refractivity contribution >= 4 is 27.6 Å². The Morgan fingerprint density at radius 2 is 2.16 bits per heavy atom. The fourth-order valence-electron chi connectivity index (χ4n) is 1.54. The second-order valence-electron chi connectivity index (χ2n) is 4.01. The monoisotopic (exact) mass is 308 g/mol. The topological polar surface area (TPSA) is 110 Å². The lowest BCUT2D eigenvalue weighted by Crippen LogP contribution is -2.27. The lowest BCUT2D eigenvalue weighted by molar-refractivity contribution is 0.296. The van der Waals surface area contributed by atoms with E-state index in [0.717, 1.165) is 5.75 Å². The van der Waals surface area contributed by atoms with E-state index in [9.17, 15) is 8.42 Å². The number of aliphatic hydroxyl groups is 1. The standard InChI is InChI=1S/C10H20N4O3S2/c1-8-9(10(11)13-14(8)2)19(16,17)12-4-7-18-6-3-5-15/h12,15H,3-7H2,1-2H3,(H2,11,13). The predicted octanol–water partition coefficient (Wildman–Crippen LogP) is -0.295. The zero-order valence-electron chi connectivity index (χ0n) is 11.1. The lowest BCUT2D eigenvalue weighted by Gasteiger charge is -2.06. The molecule has 110 valence electrons. The van der Waals surface area contributed by atoms with Crippen molar-refractivity contribution in [3.8, 4) is 0 Å². The van der Waals surface area contributed by atoms with Gasteiger partial charge in [0.2, 0.25) is 10.0 Å². The molecular weight excluding hydrogens is 288 g/mol. The molecule has 1 heterocycles. The van der Waals surface area contributed by atoms with Crippen molar-refractivity contribution < 1.29 is 13.5 Å². The lowest BCUT2D eigenvalue weighted by atomic mass is 10.5. The number of hydrogen-bond donors (Lipinski definition) is 3. The Hall–Kier alpha value is -0.770. The molecule has 0 atom stereocenters. The van der Waals surface area contributed by atoms with Gasteiger partial charge in [0.15, 0.2) is 5.82 Å². The average molecular weight is 308 g/mol. The highest BCUT2D eigenvalue weighted by Crippen LogP contribution is 2.20. The molecule has 1 rings (SSSR count). The number of sulfonamides is 1. The first-order valence-electron chi connectivity index (χ1n) is 5.87. The van der Waals surface area contributed by atoms with Crippen molar-refractivity contribution in [3.05, 3.63) is 5.69 Å². The molecule has 0 aliphatic heterocycles. The molecule has 0 aliphatic rings. The summed E-state index contributed by atoms with van der Waals surface area (Å²) < 4.78 is 28.1. The first-order chi connectivity index (χ1) is 8.90. The van der Waals surface area contributed by atoms with Gasteiger partial charge in [-0.1, -0.05) is 0 Å². The molecule has 0 radical (unpaired) electrons. The first kappa shape index (κ1) is 16.3. The van der Waals surface area contributed by atoms with Crippen molar-refractivity contribution in [1.82, 2.24) is 14.5 Å². The highest BCUT2D eigenvalue weighted by Gasteiger charge is 2.23. The number of thioether (sulfide) groups is 1. The molecule has 0 aliphatic carbocycles. The third-order valence-electron chi connectivity index (χ3n) is 2.56. The van der Waals surface area contributed by atoms with Crippen LogP contribution in [0.15, 0.2) is 4.90 Å². The summed E-state index contributed by atoms with van der Waals surface area (Å²) in [5.41, 5.74) is 6.13.